The van der Waals surface area contributed by atoms with Crippen molar-refractivity contribution in [3.05, 3.63) is 92.2 Å². The summed E-state index contributed by atoms with van der Waals surface area (Å²) >= 11 is 1.34. The molecule has 1 N–H and O–H groups in total. The standard InChI is InChI=1S/C23H19N3O4S/c1-25-13-16(14-6-4-7-15(12-14)26(29)30)20(21(27)19-10-5-11-31-19)23(25)17-8-2-3-9-18(17)24-22(23)28/h2-12,16,20H,13H2,1H3,(H,24,28)/t16-,20+,23+/m1/s1. The molecule has 2 aliphatic rings. The lowest BCUT2D eigenvalue weighted by molar-refractivity contribution is -0.384. The number of nitrogens with one attached hydrogen (secondary N) is 1. The third-order valence-electron chi connectivity index (χ3n) is 6.41. The molecule has 3 atom stereocenters. The molecule has 1 saturated heterocycles. The number of nitrogens with zero attached hydrogens (tertiary/aromatic N) is 2. The number of benzene rings is 2. The second-order valence-corrected chi connectivity index (χ2v) is 8.87. The number of hydrogen-bond acceptors (Lipinski definition) is 6. The van der Waals surface area contributed by atoms with E-state index in [1.165, 1.54) is 23.5 Å². The third kappa shape index (κ3) is 2.75. The highest BCUT2D eigenvalue weighted by atomic mass is 32.1. The van der Waals surface area contributed by atoms with Gasteiger partial charge in [-0.1, -0.05) is 36.4 Å². The summed E-state index contributed by atoms with van der Waals surface area (Å²) in [6.45, 7) is 0.421. The second kappa shape index (κ2) is 7.11. The van der Waals surface area contributed by atoms with Crippen molar-refractivity contribution < 1.29 is 14.5 Å². The Balaban J connectivity index is 1.72. The zero-order valence-corrected chi connectivity index (χ0v) is 17.5. The van der Waals surface area contributed by atoms with Crippen molar-refractivity contribution in [3.63, 3.8) is 0 Å². The van der Waals surface area contributed by atoms with Crippen LogP contribution in [0.3, 0.4) is 0 Å². The van der Waals surface area contributed by atoms with Crippen molar-refractivity contribution in [2.24, 2.45) is 5.92 Å². The molecule has 0 aliphatic carbocycles. The molecule has 0 radical (unpaired) electrons. The maximum absolute atomic E-state index is 13.8. The molecular formula is C23H19N3O4S. The Morgan fingerprint density at radius 2 is 2.00 bits per heavy atom. The molecule has 0 bridgehead atoms. The monoisotopic (exact) mass is 433 g/mol. The van der Waals surface area contributed by atoms with Gasteiger partial charge in [0, 0.05) is 35.8 Å². The highest BCUT2D eigenvalue weighted by Crippen LogP contribution is 2.55. The van der Waals surface area contributed by atoms with Gasteiger partial charge in [0.05, 0.1) is 15.7 Å². The third-order valence-corrected chi connectivity index (χ3v) is 7.30. The van der Waals surface area contributed by atoms with Gasteiger partial charge >= 0.3 is 0 Å². The number of non-ortho nitro benzene ring substituents is 1. The number of fused-ring (bicyclic) bond motifs is 2. The van der Waals surface area contributed by atoms with Crippen molar-refractivity contribution in [2.75, 3.05) is 18.9 Å². The van der Waals surface area contributed by atoms with Crippen molar-refractivity contribution in [1.29, 1.82) is 0 Å². The summed E-state index contributed by atoms with van der Waals surface area (Å²) in [5.74, 6) is -1.46. The molecule has 156 valence electrons. The Morgan fingerprint density at radius 1 is 1.19 bits per heavy atom. The van der Waals surface area contributed by atoms with E-state index in [0.717, 1.165) is 5.56 Å². The number of carbonyl (C=O) groups excluding carboxylic acids is 2. The molecule has 0 unspecified atom stereocenters. The van der Waals surface area contributed by atoms with E-state index in [9.17, 15) is 19.7 Å². The summed E-state index contributed by atoms with van der Waals surface area (Å²) < 4.78 is 0. The number of hydrogen-bond donors (Lipinski definition) is 1. The molecule has 1 aromatic heterocycles. The van der Waals surface area contributed by atoms with E-state index in [1.54, 1.807) is 18.2 Å². The fourth-order valence-corrected chi connectivity index (χ4v) is 5.84. The summed E-state index contributed by atoms with van der Waals surface area (Å²) in [7, 11) is 1.84. The molecule has 1 spiro atoms. The largest absolute Gasteiger partial charge is 0.324 e. The van der Waals surface area contributed by atoms with Gasteiger partial charge in [0.2, 0.25) is 5.91 Å². The maximum Gasteiger partial charge on any atom is 0.269 e. The molecular weight excluding hydrogens is 414 g/mol. The molecule has 5 rings (SSSR count). The fraction of sp³-hybridized carbons (Fsp3) is 0.217. The predicted octanol–water partition coefficient (Wildman–Crippen LogP) is 4.03. The first-order valence-electron chi connectivity index (χ1n) is 9.89. The number of ketones is 1. The maximum atomic E-state index is 13.8. The summed E-state index contributed by atoms with van der Waals surface area (Å²) in [6.07, 6.45) is 0. The number of likely N-dealkylation sites (tertiary alicyclic amines) is 1. The molecule has 7 nitrogen and oxygen atoms in total. The molecule has 1 amide bonds. The number of thiophene rings is 1. The van der Waals surface area contributed by atoms with Gasteiger partial charge in [0.25, 0.3) is 5.69 Å². The molecule has 1 fully saturated rings. The SMILES string of the molecule is CN1C[C@H](c2cccc([N+](=O)[O-])c2)[C@@H](C(=O)c2cccs2)[C@@]12C(=O)Nc1ccccc12. The van der Waals surface area contributed by atoms with Gasteiger partial charge in [0.1, 0.15) is 5.54 Å². The van der Waals surface area contributed by atoms with Crippen LogP contribution >= 0.6 is 11.3 Å². The van der Waals surface area contributed by atoms with Crippen LogP contribution in [0.25, 0.3) is 0 Å². The molecule has 3 aromatic rings. The Morgan fingerprint density at radius 3 is 2.74 bits per heavy atom. The number of carbonyl (C=O) groups is 2. The van der Waals surface area contributed by atoms with E-state index in [2.05, 4.69) is 5.32 Å². The highest BCUT2D eigenvalue weighted by molar-refractivity contribution is 7.12. The van der Waals surface area contributed by atoms with Gasteiger partial charge in [-0.05, 0) is 30.1 Å². The molecule has 8 heteroatoms. The van der Waals surface area contributed by atoms with E-state index in [-0.39, 0.29) is 23.3 Å². The van der Waals surface area contributed by atoms with E-state index < -0.39 is 16.4 Å². The average Bonchev–Trinajstić information content (AvgIpc) is 3.47. The van der Waals surface area contributed by atoms with Crippen molar-refractivity contribution in [3.8, 4) is 0 Å². The number of amides is 1. The van der Waals surface area contributed by atoms with Crippen LogP contribution in [0, 0.1) is 16.0 Å². The lowest BCUT2D eigenvalue weighted by atomic mass is 9.71. The van der Waals surface area contributed by atoms with Crippen LogP contribution in [0.4, 0.5) is 11.4 Å². The van der Waals surface area contributed by atoms with Crippen LogP contribution in [-0.2, 0) is 10.3 Å². The van der Waals surface area contributed by atoms with Crippen LogP contribution in [0.1, 0.15) is 26.7 Å². The van der Waals surface area contributed by atoms with E-state index in [0.29, 0.717) is 22.7 Å². The van der Waals surface area contributed by atoms with E-state index in [4.69, 9.17) is 0 Å². The minimum atomic E-state index is -1.17. The number of para-hydroxylation sites is 1. The van der Waals surface area contributed by atoms with Gasteiger partial charge < -0.3 is 5.32 Å². The zero-order valence-electron chi connectivity index (χ0n) is 16.6. The van der Waals surface area contributed by atoms with Gasteiger partial charge in [-0.3, -0.25) is 24.6 Å². The normalized spacial score (nSPS) is 24.9. The van der Waals surface area contributed by atoms with Crippen LogP contribution in [-0.4, -0.2) is 35.1 Å². The van der Waals surface area contributed by atoms with Crippen LogP contribution in [0.5, 0.6) is 0 Å². The smallest absolute Gasteiger partial charge is 0.269 e. The number of nitro groups is 1. The molecule has 2 aliphatic heterocycles. The van der Waals surface area contributed by atoms with Gasteiger partial charge in [-0.15, -0.1) is 11.3 Å². The van der Waals surface area contributed by atoms with Crippen LogP contribution in [0.15, 0.2) is 66.0 Å². The Kier molecular flexibility index (Phi) is 4.49. The average molecular weight is 433 g/mol. The Hall–Kier alpha value is -3.36. The summed E-state index contributed by atoms with van der Waals surface area (Å²) in [5.41, 5.74) is 0.950. The minimum Gasteiger partial charge on any atom is -0.324 e. The number of nitro benzene ring substituents is 1. The molecule has 2 aromatic carbocycles. The Bertz CT molecular complexity index is 1210. The lowest BCUT2D eigenvalue weighted by Gasteiger charge is -2.35. The number of rotatable bonds is 4. The summed E-state index contributed by atoms with van der Waals surface area (Å²) in [6, 6.07) is 17.4. The zero-order chi connectivity index (χ0) is 21.8. The lowest BCUT2D eigenvalue weighted by Crippen LogP contribution is -2.51. The van der Waals surface area contributed by atoms with E-state index in [1.807, 2.05) is 47.7 Å². The molecule has 3 heterocycles. The summed E-state index contributed by atoms with van der Waals surface area (Å²) in [5, 5.41) is 16.2. The van der Waals surface area contributed by atoms with Crippen molar-refractivity contribution in [2.45, 2.75) is 11.5 Å². The predicted molar refractivity (Wildman–Crippen MR) is 117 cm³/mol. The summed E-state index contributed by atoms with van der Waals surface area (Å²) in [4.78, 5) is 40.8. The first kappa shape index (κ1) is 19.6. The van der Waals surface area contributed by atoms with Crippen LogP contribution in [0.2, 0.25) is 0 Å². The quantitative estimate of drug-likeness (QED) is 0.381. The topological polar surface area (TPSA) is 92.5 Å². The van der Waals surface area contributed by atoms with Crippen molar-refractivity contribution >= 4 is 34.4 Å². The van der Waals surface area contributed by atoms with E-state index >= 15 is 0 Å². The minimum absolute atomic E-state index is 0.0281. The molecule has 0 saturated carbocycles. The molecule has 31 heavy (non-hydrogen) atoms. The first-order valence-corrected chi connectivity index (χ1v) is 10.8. The van der Waals surface area contributed by atoms with Crippen LogP contribution < -0.4 is 5.32 Å². The number of Topliss-reactive ketones (excluding diaryl/α,β-unsaturated/α-hetero) is 1. The second-order valence-electron chi connectivity index (χ2n) is 7.92. The van der Waals surface area contributed by atoms with Gasteiger partial charge in [-0.25, -0.2) is 0 Å². The highest BCUT2D eigenvalue weighted by Gasteiger charge is 2.64. The number of anilines is 1. The van der Waals surface area contributed by atoms with Crippen molar-refractivity contribution in [1.82, 2.24) is 4.90 Å². The number of likely N-dealkylation sites (N-methyl/N-ethyl adjacent to an activating group) is 1. The van der Waals surface area contributed by atoms with Gasteiger partial charge in [-0.2, -0.15) is 0 Å². The fourth-order valence-electron chi connectivity index (χ4n) is 5.14. The Labute approximate surface area is 182 Å². The van der Waals surface area contributed by atoms with Gasteiger partial charge in [0.15, 0.2) is 5.78 Å². The first-order chi connectivity index (χ1) is 14.9.